The molecule has 0 saturated carbocycles. The van der Waals surface area contributed by atoms with E-state index in [4.69, 9.17) is 17.2 Å². The lowest BCUT2D eigenvalue weighted by molar-refractivity contribution is -0.144. The molecule has 0 aromatic heterocycles. The van der Waals surface area contributed by atoms with Gasteiger partial charge in [-0.1, -0.05) is 19.4 Å². The van der Waals surface area contributed by atoms with E-state index < -0.39 is 71.9 Å². The number of rotatable bonds is 13. The second-order valence-corrected chi connectivity index (χ2v) is 8.04. The van der Waals surface area contributed by atoms with Crippen LogP contribution in [0.15, 0.2) is 18.2 Å². The lowest BCUT2D eigenvalue weighted by atomic mass is 10.00. The number of ketones is 1. The molecule has 0 bridgehead atoms. The van der Waals surface area contributed by atoms with Crippen molar-refractivity contribution in [2.24, 2.45) is 17.2 Å². The van der Waals surface area contributed by atoms with Crippen LogP contribution < -0.4 is 27.8 Å². The first kappa shape index (κ1) is 35.6. The topological polar surface area (TPSA) is 180 Å². The molecule has 0 aliphatic heterocycles. The summed E-state index contributed by atoms with van der Waals surface area (Å²) >= 11 is 0. The van der Waals surface area contributed by atoms with Crippen LogP contribution in [0.3, 0.4) is 0 Å². The molecule has 1 aromatic rings. The number of esters is 1. The fraction of sp³-hybridized carbons (Fsp3) is 0.565. The first-order valence-corrected chi connectivity index (χ1v) is 11.8. The van der Waals surface area contributed by atoms with Gasteiger partial charge in [-0.25, -0.2) is 9.59 Å². The van der Waals surface area contributed by atoms with Crippen LogP contribution in [0.5, 0.6) is 0 Å². The zero-order chi connectivity index (χ0) is 30.2. The molecular formula is C23H33F6N5O5. The van der Waals surface area contributed by atoms with Gasteiger partial charge in [0, 0.05) is 0 Å². The van der Waals surface area contributed by atoms with E-state index in [-0.39, 0.29) is 18.6 Å². The fourth-order valence-corrected chi connectivity index (χ4v) is 2.96. The van der Waals surface area contributed by atoms with Gasteiger partial charge in [0.1, 0.15) is 6.04 Å². The molecule has 10 nitrogen and oxygen atoms in total. The van der Waals surface area contributed by atoms with Crippen molar-refractivity contribution < 1.29 is 50.3 Å². The third kappa shape index (κ3) is 13.8. The van der Waals surface area contributed by atoms with E-state index in [0.29, 0.717) is 25.5 Å². The summed E-state index contributed by atoms with van der Waals surface area (Å²) in [6, 6.07) is -1.12. The van der Waals surface area contributed by atoms with E-state index >= 15 is 0 Å². The number of benzene rings is 1. The monoisotopic (exact) mass is 573 g/mol. The number of carbonyl (C=O) groups is 4. The van der Waals surface area contributed by atoms with Crippen LogP contribution in [0.25, 0.3) is 0 Å². The third-order valence-electron chi connectivity index (χ3n) is 4.84. The van der Waals surface area contributed by atoms with Crippen molar-refractivity contribution in [2.45, 2.75) is 57.4 Å². The highest BCUT2D eigenvalue weighted by molar-refractivity contribution is 5.96. The van der Waals surface area contributed by atoms with Gasteiger partial charge >= 0.3 is 24.4 Å². The number of nitrogens with one attached hydrogen (secondary N) is 2. The minimum Gasteiger partial charge on any atom is -0.454 e. The number of halogens is 6. The van der Waals surface area contributed by atoms with Crippen molar-refractivity contribution >= 4 is 23.7 Å². The Morgan fingerprint density at radius 3 is 1.87 bits per heavy atom. The van der Waals surface area contributed by atoms with Crippen LogP contribution >= 0.6 is 0 Å². The Bertz CT molecular complexity index is 922. The molecule has 0 aliphatic carbocycles. The molecule has 0 fully saturated rings. The number of primary amides is 1. The van der Waals surface area contributed by atoms with Crippen LogP contribution in [0.2, 0.25) is 0 Å². The van der Waals surface area contributed by atoms with Crippen LogP contribution in [-0.4, -0.2) is 56.0 Å². The first-order valence-electron chi connectivity index (χ1n) is 11.8. The fourth-order valence-electron chi connectivity index (χ4n) is 2.96. The summed E-state index contributed by atoms with van der Waals surface area (Å²) in [6.07, 6.45) is -7.14. The Kier molecular flexibility index (Phi) is 15.7. The van der Waals surface area contributed by atoms with Gasteiger partial charge in [-0.3, -0.25) is 9.59 Å². The van der Waals surface area contributed by atoms with E-state index in [1.165, 1.54) is 12.8 Å². The Balaban J connectivity index is 0.00000263. The number of urea groups is 1. The standard InChI is InChI=1S/C19H22F6N4O5.C4H11N/c20-18(21,22)11-4-3-5-12(19(23,24)25)14(11)16(32)34-9-10(30)8-28-15(31)13(29-17(27)33)6-1-2-7-26;1-2-3-4-5/h3-5,13H,1-2,6-9,26H2,(H,28,31)(H3,27,29,33);2-5H2,1H3/t13-;/m0./s1. The highest BCUT2D eigenvalue weighted by Crippen LogP contribution is 2.39. The second kappa shape index (κ2) is 17.2. The summed E-state index contributed by atoms with van der Waals surface area (Å²) < 4.78 is 83.1. The van der Waals surface area contributed by atoms with Gasteiger partial charge in [0.25, 0.3) is 0 Å². The molecule has 8 N–H and O–H groups in total. The Morgan fingerprint density at radius 1 is 0.923 bits per heavy atom. The van der Waals surface area contributed by atoms with Gasteiger partial charge < -0.3 is 32.6 Å². The number of Topliss-reactive ketones (excluding diaryl/α,β-unsaturated/α-hetero) is 1. The van der Waals surface area contributed by atoms with E-state index in [1.807, 2.05) is 0 Å². The van der Waals surface area contributed by atoms with Gasteiger partial charge in [-0.2, -0.15) is 26.3 Å². The van der Waals surface area contributed by atoms with Crippen LogP contribution in [0.1, 0.15) is 60.5 Å². The van der Waals surface area contributed by atoms with Gasteiger partial charge in [-0.05, 0) is 50.9 Å². The largest absolute Gasteiger partial charge is 0.454 e. The van der Waals surface area contributed by atoms with Gasteiger partial charge in [0.15, 0.2) is 12.4 Å². The number of unbranched alkanes of at least 4 members (excludes halogenated alkanes) is 2. The average molecular weight is 574 g/mol. The highest BCUT2D eigenvalue weighted by Gasteiger charge is 2.43. The maximum atomic E-state index is 13.1. The number of nitrogens with two attached hydrogens (primary N) is 3. The number of hydrogen-bond acceptors (Lipinski definition) is 7. The third-order valence-corrected chi connectivity index (χ3v) is 4.84. The Labute approximate surface area is 221 Å². The van der Waals surface area contributed by atoms with Crippen molar-refractivity contribution in [3.8, 4) is 0 Å². The zero-order valence-electron chi connectivity index (χ0n) is 21.2. The van der Waals surface area contributed by atoms with Crippen molar-refractivity contribution in [3.63, 3.8) is 0 Å². The summed E-state index contributed by atoms with van der Waals surface area (Å²) in [7, 11) is 0. The summed E-state index contributed by atoms with van der Waals surface area (Å²) in [5.74, 6) is -3.90. The molecule has 39 heavy (non-hydrogen) atoms. The molecule has 3 amide bonds. The maximum Gasteiger partial charge on any atom is 0.417 e. The molecule has 0 aliphatic rings. The molecule has 0 radical (unpaired) electrons. The predicted octanol–water partition coefficient (Wildman–Crippen LogP) is 2.48. The lowest BCUT2D eigenvalue weighted by Gasteiger charge is -2.18. The van der Waals surface area contributed by atoms with Crippen LogP contribution in [-0.2, 0) is 26.7 Å². The molecule has 0 saturated heterocycles. The zero-order valence-corrected chi connectivity index (χ0v) is 21.2. The molecule has 0 unspecified atom stereocenters. The van der Waals surface area contributed by atoms with Crippen molar-refractivity contribution in [1.29, 1.82) is 0 Å². The maximum absolute atomic E-state index is 13.1. The Morgan fingerprint density at radius 2 is 1.46 bits per heavy atom. The number of hydrogen-bond donors (Lipinski definition) is 5. The summed E-state index contributed by atoms with van der Waals surface area (Å²) in [6.45, 7) is 1.29. The highest BCUT2D eigenvalue weighted by atomic mass is 19.4. The minimum atomic E-state index is -5.31. The molecule has 1 aromatic carbocycles. The minimum absolute atomic E-state index is 0.129. The predicted molar refractivity (Wildman–Crippen MR) is 128 cm³/mol. The second-order valence-electron chi connectivity index (χ2n) is 8.04. The molecule has 222 valence electrons. The summed E-state index contributed by atoms with van der Waals surface area (Å²) in [5.41, 5.74) is 9.89. The van der Waals surface area contributed by atoms with E-state index in [2.05, 4.69) is 22.3 Å². The quantitative estimate of drug-likeness (QED) is 0.137. The van der Waals surface area contributed by atoms with E-state index in [1.54, 1.807) is 0 Å². The van der Waals surface area contributed by atoms with Crippen molar-refractivity contribution in [3.05, 3.63) is 34.9 Å². The van der Waals surface area contributed by atoms with Gasteiger partial charge in [0.05, 0.1) is 23.2 Å². The first-order chi connectivity index (χ1) is 18.1. The number of ether oxygens (including phenoxy) is 1. The molecule has 0 heterocycles. The molecule has 0 spiro atoms. The molecule has 1 rings (SSSR count). The molecule has 1 atom stereocenters. The molecule has 16 heteroatoms. The number of carbonyl (C=O) groups excluding carboxylic acids is 4. The SMILES string of the molecule is CCCCN.NCCCC[C@H](NC(N)=O)C(=O)NCC(=O)COC(=O)c1c(C(F)(F)F)cccc1C(F)(F)F. The van der Waals surface area contributed by atoms with Crippen LogP contribution in [0, 0.1) is 0 Å². The smallest absolute Gasteiger partial charge is 0.417 e. The molecular weight excluding hydrogens is 540 g/mol. The van der Waals surface area contributed by atoms with Crippen LogP contribution in [0.4, 0.5) is 31.1 Å². The average Bonchev–Trinajstić information content (AvgIpc) is 2.84. The van der Waals surface area contributed by atoms with E-state index in [0.717, 1.165) is 6.54 Å². The lowest BCUT2D eigenvalue weighted by Crippen LogP contribution is -2.49. The number of amides is 3. The Hall–Kier alpha value is -3.40. The van der Waals surface area contributed by atoms with Crippen molar-refractivity contribution in [2.75, 3.05) is 26.2 Å². The van der Waals surface area contributed by atoms with Gasteiger partial charge in [-0.15, -0.1) is 0 Å². The van der Waals surface area contributed by atoms with Crippen molar-refractivity contribution in [1.82, 2.24) is 10.6 Å². The van der Waals surface area contributed by atoms with Gasteiger partial charge in [0.2, 0.25) is 5.91 Å². The summed E-state index contributed by atoms with van der Waals surface area (Å²) in [5, 5.41) is 4.26. The van der Waals surface area contributed by atoms with E-state index in [9.17, 15) is 45.5 Å². The number of alkyl halides is 6. The normalized spacial score (nSPS) is 12.0. The summed E-state index contributed by atoms with van der Waals surface area (Å²) in [4.78, 5) is 47.1.